The van der Waals surface area contributed by atoms with Crippen LogP contribution >= 0.6 is 22.6 Å². The van der Waals surface area contributed by atoms with Crippen LogP contribution in [0.5, 0.6) is 0 Å². The molecule has 0 aromatic carbocycles. The molecule has 7 nitrogen and oxygen atoms in total. The number of sulfonamides is 1. The SMILES string of the molecule is NS(=O)(=O)c1cnc([N+](=O)[O-])c(I)c1C(F)F. The lowest BCUT2D eigenvalue weighted by molar-refractivity contribution is -0.390. The number of hydrogen-bond donors (Lipinski definition) is 1. The lowest BCUT2D eigenvalue weighted by atomic mass is 10.3. The molecule has 0 unspecified atom stereocenters. The summed E-state index contributed by atoms with van der Waals surface area (Å²) in [6.45, 7) is 0. The number of pyridine rings is 1. The minimum Gasteiger partial charge on any atom is -0.358 e. The quantitative estimate of drug-likeness (QED) is 0.481. The van der Waals surface area contributed by atoms with E-state index < -0.39 is 41.2 Å². The van der Waals surface area contributed by atoms with Gasteiger partial charge in [-0.1, -0.05) is 0 Å². The van der Waals surface area contributed by atoms with E-state index in [4.69, 9.17) is 5.14 Å². The van der Waals surface area contributed by atoms with E-state index in [0.29, 0.717) is 6.20 Å². The maximum atomic E-state index is 12.7. The number of alkyl halides is 2. The van der Waals surface area contributed by atoms with E-state index >= 15 is 0 Å². The van der Waals surface area contributed by atoms with Crippen LogP contribution < -0.4 is 5.14 Å². The zero-order chi connectivity index (χ0) is 13.4. The Morgan fingerprint density at radius 3 is 2.41 bits per heavy atom. The van der Waals surface area contributed by atoms with E-state index in [0.717, 1.165) is 0 Å². The van der Waals surface area contributed by atoms with Crippen LogP contribution in [0.1, 0.15) is 12.0 Å². The van der Waals surface area contributed by atoms with E-state index in [1.54, 1.807) is 0 Å². The van der Waals surface area contributed by atoms with E-state index in [1.807, 2.05) is 0 Å². The number of nitro groups is 1. The van der Waals surface area contributed by atoms with Gasteiger partial charge in [0.2, 0.25) is 10.0 Å². The minimum absolute atomic E-state index is 0.455. The Kier molecular flexibility index (Phi) is 3.93. The monoisotopic (exact) mass is 379 g/mol. The largest absolute Gasteiger partial charge is 0.377 e. The standard InChI is InChI=1S/C6H4F2IN3O4S/c7-5(8)3-2(17(10,15)16)1-11-6(4(3)9)12(13)14/h1,5H,(H2,10,15,16). The number of aromatic nitrogens is 1. The Morgan fingerprint density at radius 1 is 1.53 bits per heavy atom. The minimum atomic E-state index is -4.41. The van der Waals surface area contributed by atoms with Crippen molar-refractivity contribution in [1.29, 1.82) is 0 Å². The molecule has 0 atom stereocenters. The van der Waals surface area contributed by atoms with Crippen molar-refractivity contribution in [3.63, 3.8) is 0 Å². The van der Waals surface area contributed by atoms with E-state index in [9.17, 15) is 27.3 Å². The van der Waals surface area contributed by atoms with Crippen LogP contribution in [0, 0.1) is 13.7 Å². The van der Waals surface area contributed by atoms with Gasteiger partial charge in [-0.25, -0.2) is 22.3 Å². The first kappa shape index (κ1) is 14.1. The summed E-state index contributed by atoms with van der Waals surface area (Å²) in [6, 6.07) is 0. The zero-order valence-electron chi connectivity index (χ0n) is 7.80. The van der Waals surface area contributed by atoms with Crippen molar-refractivity contribution in [2.45, 2.75) is 11.3 Å². The highest BCUT2D eigenvalue weighted by molar-refractivity contribution is 14.1. The fourth-order valence-corrected chi connectivity index (χ4v) is 2.77. The lowest BCUT2D eigenvalue weighted by Crippen LogP contribution is -2.17. The molecule has 0 fully saturated rings. The van der Waals surface area contributed by atoms with Gasteiger partial charge in [-0.3, -0.25) is 0 Å². The van der Waals surface area contributed by atoms with Crippen molar-refractivity contribution < 1.29 is 22.1 Å². The van der Waals surface area contributed by atoms with Crippen LogP contribution in [0.25, 0.3) is 0 Å². The number of nitrogens with two attached hydrogens (primary N) is 1. The molecule has 0 saturated heterocycles. The topological polar surface area (TPSA) is 116 Å². The van der Waals surface area contributed by atoms with Crippen molar-refractivity contribution in [3.05, 3.63) is 25.4 Å². The molecule has 0 aliphatic carbocycles. The van der Waals surface area contributed by atoms with Crippen LogP contribution in [0.2, 0.25) is 0 Å². The molecular formula is C6H4F2IN3O4S. The van der Waals surface area contributed by atoms with Crippen molar-refractivity contribution in [1.82, 2.24) is 4.98 Å². The molecule has 0 radical (unpaired) electrons. The number of primary sulfonamides is 1. The average Bonchev–Trinajstić information content (AvgIpc) is 2.14. The van der Waals surface area contributed by atoms with Gasteiger partial charge in [0.05, 0.1) is 5.56 Å². The third kappa shape index (κ3) is 2.84. The van der Waals surface area contributed by atoms with Gasteiger partial charge >= 0.3 is 5.82 Å². The summed E-state index contributed by atoms with van der Waals surface area (Å²) in [5, 5.41) is 15.2. The fraction of sp³-hybridized carbons (Fsp3) is 0.167. The zero-order valence-corrected chi connectivity index (χ0v) is 10.8. The van der Waals surface area contributed by atoms with Gasteiger partial charge in [0, 0.05) is 0 Å². The van der Waals surface area contributed by atoms with Crippen LogP contribution in [0.15, 0.2) is 11.1 Å². The van der Waals surface area contributed by atoms with Crippen LogP contribution in [0.4, 0.5) is 14.6 Å². The highest BCUT2D eigenvalue weighted by atomic mass is 127. The summed E-state index contributed by atoms with van der Waals surface area (Å²) in [5.74, 6) is -0.840. The molecule has 0 bridgehead atoms. The molecule has 0 aliphatic rings. The van der Waals surface area contributed by atoms with Gasteiger partial charge in [0.1, 0.15) is 8.47 Å². The third-order valence-corrected chi connectivity index (χ3v) is 3.70. The molecule has 2 N–H and O–H groups in total. The first-order valence-corrected chi connectivity index (χ1v) is 6.42. The highest BCUT2D eigenvalue weighted by Crippen LogP contribution is 2.33. The summed E-state index contributed by atoms with van der Waals surface area (Å²) >= 11 is 1.23. The number of halogens is 3. The Balaban J connectivity index is 3.69. The maximum absolute atomic E-state index is 12.7. The summed E-state index contributed by atoms with van der Waals surface area (Å²) in [6.07, 6.45) is -2.76. The second-order valence-corrected chi connectivity index (χ2v) is 5.39. The Labute approximate surface area is 107 Å². The highest BCUT2D eigenvalue weighted by Gasteiger charge is 2.31. The van der Waals surface area contributed by atoms with Gasteiger partial charge in [-0.15, -0.1) is 0 Å². The second kappa shape index (κ2) is 4.73. The maximum Gasteiger partial charge on any atom is 0.377 e. The number of nitrogens with zero attached hydrogens (tertiary/aromatic N) is 2. The van der Waals surface area contributed by atoms with Crippen LogP contribution in [-0.2, 0) is 10.0 Å². The molecule has 1 heterocycles. The first-order chi connectivity index (χ1) is 7.66. The molecular weight excluding hydrogens is 375 g/mol. The molecule has 0 aliphatic heterocycles. The van der Waals surface area contributed by atoms with Crippen molar-refractivity contribution in [2.24, 2.45) is 5.14 Å². The summed E-state index contributed by atoms with van der Waals surface area (Å²) in [7, 11) is -4.41. The van der Waals surface area contributed by atoms with Crippen molar-refractivity contribution in [2.75, 3.05) is 0 Å². The lowest BCUT2D eigenvalue weighted by Gasteiger charge is -2.07. The summed E-state index contributed by atoms with van der Waals surface area (Å²) < 4.78 is 46.9. The van der Waals surface area contributed by atoms with Crippen molar-refractivity contribution in [3.8, 4) is 0 Å². The normalized spacial score (nSPS) is 11.8. The predicted octanol–water partition coefficient (Wildman–Crippen LogP) is 1.18. The molecule has 0 amide bonds. The number of rotatable bonds is 3. The number of hydrogen-bond acceptors (Lipinski definition) is 5. The van der Waals surface area contributed by atoms with Crippen molar-refractivity contribution >= 4 is 38.4 Å². The summed E-state index contributed by atoms with van der Waals surface area (Å²) in [5.41, 5.74) is -1.00. The van der Waals surface area contributed by atoms with E-state index in [-0.39, 0.29) is 0 Å². The predicted molar refractivity (Wildman–Crippen MR) is 59.9 cm³/mol. The molecule has 11 heteroatoms. The van der Waals surface area contributed by atoms with E-state index in [2.05, 4.69) is 4.98 Å². The van der Waals surface area contributed by atoms with Gasteiger partial charge in [0.25, 0.3) is 6.43 Å². The molecule has 17 heavy (non-hydrogen) atoms. The van der Waals surface area contributed by atoms with Crippen LogP contribution in [0.3, 0.4) is 0 Å². The van der Waals surface area contributed by atoms with Gasteiger partial charge in [0.15, 0.2) is 6.20 Å². The van der Waals surface area contributed by atoms with Crippen LogP contribution in [-0.4, -0.2) is 18.3 Å². The summed E-state index contributed by atoms with van der Waals surface area (Å²) in [4.78, 5) is 11.8. The van der Waals surface area contributed by atoms with Gasteiger partial charge < -0.3 is 10.1 Å². The first-order valence-electron chi connectivity index (χ1n) is 3.80. The van der Waals surface area contributed by atoms with E-state index in [1.165, 1.54) is 22.6 Å². The Hall–Kier alpha value is -0.950. The van der Waals surface area contributed by atoms with Gasteiger partial charge in [-0.05, 0) is 32.5 Å². The average molecular weight is 379 g/mol. The molecule has 0 saturated carbocycles. The Morgan fingerprint density at radius 2 is 2.06 bits per heavy atom. The Bertz CT molecular complexity index is 577. The third-order valence-electron chi connectivity index (χ3n) is 1.70. The fourth-order valence-electron chi connectivity index (χ4n) is 1.03. The molecule has 1 aromatic rings. The van der Waals surface area contributed by atoms with Gasteiger partial charge in [-0.2, -0.15) is 0 Å². The molecule has 94 valence electrons. The molecule has 1 aromatic heterocycles. The molecule has 0 spiro atoms. The smallest absolute Gasteiger partial charge is 0.358 e. The second-order valence-electron chi connectivity index (χ2n) is 2.78. The molecule has 1 rings (SSSR count).